The first-order chi connectivity index (χ1) is 19.3. The van der Waals surface area contributed by atoms with Crippen LogP contribution in [0.15, 0.2) is 78.0 Å². The Balaban J connectivity index is 1.78. The Labute approximate surface area is 237 Å². The van der Waals surface area contributed by atoms with Gasteiger partial charge in [0.1, 0.15) is 11.6 Å². The van der Waals surface area contributed by atoms with Crippen molar-refractivity contribution in [1.29, 1.82) is 0 Å². The van der Waals surface area contributed by atoms with Gasteiger partial charge in [-0.25, -0.2) is 22.5 Å². The van der Waals surface area contributed by atoms with E-state index in [9.17, 15) is 31.1 Å². The lowest BCUT2D eigenvalue weighted by molar-refractivity contribution is -0.141. The van der Waals surface area contributed by atoms with Crippen LogP contribution in [-0.2, 0) is 22.6 Å². The highest BCUT2D eigenvalue weighted by Crippen LogP contribution is 2.37. The van der Waals surface area contributed by atoms with E-state index < -0.39 is 34.1 Å². The number of hydrogen-bond donors (Lipinski definition) is 1. The van der Waals surface area contributed by atoms with Crippen molar-refractivity contribution in [3.8, 4) is 33.8 Å². The first-order valence-corrected chi connectivity index (χ1v) is 14.3. The van der Waals surface area contributed by atoms with Gasteiger partial charge in [-0.2, -0.15) is 18.3 Å². The number of benzene rings is 3. The zero-order valence-electron chi connectivity index (χ0n) is 21.5. The standard InChI is InChI=1S/C28H21ClF4N4O3S/c1-16-35-27(28(31,32)33)14-36(16)24-8-3-17(18-12-23(30)22(15-38)26(13-18)41(2,39)40)11-21(24)25-9-10-34-37(25)20-6-4-19(29)5-7-20/h3-14,38H,15H2,1-2H3. The van der Waals surface area contributed by atoms with Gasteiger partial charge in [0.15, 0.2) is 15.5 Å². The molecule has 0 fully saturated rings. The molecule has 212 valence electrons. The van der Waals surface area contributed by atoms with E-state index in [1.807, 2.05) is 0 Å². The van der Waals surface area contributed by atoms with Gasteiger partial charge < -0.3 is 9.67 Å². The molecular weight excluding hydrogens is 584 g/mol. The molecule has 0 aliphatic rings. The van der Waals surface area contributed by atoms with E-state index in [4.69, 9.17) is 11.6 Å². The number of sulfone groups is 1. The Morgan fingerprint density at radius 3 is 2.32 bits per heavy atom. The molecule has 7 nitrogen and oxygen atoms in total. The maximum absolute atomic E-state index is 15.0. The third kappa shape index (κ3) is 5.50. The lowest BCUT2D eigenvalue weighted by Gasteiger charge is -2.17. The van der Waals surface area contributed by atoms with Crippen LogP contribution in [0.2, 0.25) is 5.02 Å². The molecule has 0 saturated carbocycles. The van der Waals surface area contributed by atoms with Gasteiger partial charge in [-0.05, 0) is 72.6 Å². The summed E-state index contributed by atoms with van der Waals surface area (Å²) in [6.07, 6.45) is -1.37. The average molecular weight is 605 g/mol. The van der Waals surface area contributed by atoms with E-state index in [-0.39, 0.29) is 21.8 Å². The fraction of sp³-hybridized carbons (Fsp3) is 0.143. The van der Waals surface area contributed by atoms with E-state index in [1.54, 1.807) is 41.1 Å². The van der Waals surface area contributed by atoms with Crippen molar-refractivity contribution in [2.24, 2.45) is 0 Å². The predicted molar refractivity (Wildman–Crippen MR) is 145 cm³/mol. The molecule has 0 amide bonds. The minimum absolute atomic E-state index is 0.0709. The molecule has 3 aromatic carbocycles. The zero-order chi connectivity index (χ0) is 29.7. The molecular formula is C28H21ClF4N4O3S. The summed E-state index contributed by atoms with van der Waals surface area (Å²) >= 11 is 6.04. The zero-order valence-corrected chi connectivity index (χ0v) is 23.1. The van der Waals surface area contributed by atoms with Crippen LogP contribution in [0.3, 0.4) is 0 Å². The van der Waals surface area contributed by atoms with E-state index in [2.05, 4.69) is 10.1 Å². The van der Waals surface area contributed by atoms with Crippen molar-refractivity contribution in [2.45, 2.75) is 24.6 Å². The maximum Gasteiger partial charge on any atom is 0.434 e. The smallest absolute Gasteiger partial charge is 0.392 e. The van der Waals surface area contributed by atoms with Gasteiger partial charge in [-0.15, -0.1) is 0 Å². The van der Waals surface area contributed by atoms with E-state index >= 15 is 0 Å². The summed E-state index contributed by atoms with van der Waals surface area (Å²) in [6.45, 7) is 0.616. The average Bonchev–Trinajstić information content (AvgIpc) is 3.55. The van der Waals surface area contributed by atoms with Crippen molar-refractivity contribution >= 4 is 21.4 Å². The molecule has 5 rings (SSSR count). The van der Waals surface area contributed by atoms with E-state index in [0.717, 1.165) is 18.5 Å². The third-order valence-electron chi connectivity index (χ3n) is 6.46. The second-order valence-electron chi connectivity index (χ2n) is 9.24. The number of aryl methyl sites for hydroxylation is 1. The van der Waals surface area contributed by atoms with Gasteiger partial charge in [0, 0.05) is 28.6 Å². The molecule has 1 N–H and O–H groups in total. The number of halogens is 5. The molecule has 0 radical (unpaired) electrons. The van der Waals surface area contributed by atoms with Crippen LogP contribution in [0.5, 0.6) is 0 Å². The molecule has 0 unspecified atom stereocenters. The lowest BCUT2D eigenvalue weighted by atomic mass is 9.98. The normalized spacial score (nSPS) is 12.2. The Hall–Kier alpha value is -4.00. The fourth-order valence-electron chi connectivity index (χ4n) is 4.54. The van der Waals surface area contributed by atoms with Crippen molar-refractivity contribution in [1.82, 2.24) is 19.3 Å². The number of aromatic nitrogens is 4. The van der Waals surface area contributed by atoms with E-state index in [1.165, 1.54) is 35.9 Å². The fourth-order valence-corrected chi connectivity index (χ4v) is 5.62. The minimum Gasteiger partial charge on any atom is -0.392 e. The highest BCUT2D eigenvalue weighted by Gasteiger charge is 2.34. The predicted octanol–water partition coefficient (Wildman–Crippen LogP) is 6.41. The molecule has 0 atom stereocenters. The quantitative estimate of drug-likeness (QED) is 0.226. The second-order valence-corrected chi connectivity index (χ2v) is 11.7. The summed E-state index contributed by atoms with van der Waals surface area (Å²) in [5.41, 5.74) is 0.928. The van der Waals surface area contributed by atoms with Crippen LogP contribution >= 0.6 is 11.6 Å². The van der Waals surface area contributed by atoms with Gasteiger partial charge in [0.05, 0.1) is 34.8 Å². The van der Waals surface area contributed by atoms with Gasteiger partial charge in [0.25, 0.3) is 0 Å². The Bertz CT molecular complexity index is 1880. The molecule has 13 heteroatoms. The molecule has 0 bridgehead atoms. The number of imidazole rings is 1. The summed E-state index contributed by atoms with van der Waals surface area (Å²) < 4.78 is 83.1. The second kappa shape index (κ2) is 10.4. The summed E-state index contributed by atoms with van der Waals surface area (Å²) in [6, 6.07) is 15.4. The van der Waals surface area contributed by atoms with Crippen LogP contribution in [0.1, 0.15) is 17.1 Å². The molecule has 0 aliphatic heterocycles. The van der Waals surface area contributed by atoms with Crippen LogP contribution in [-0.4, -0.2) is 39.1 Å². The van der Waals surface area contributed by atoms with Crippen LogP contribution in [0.25, 0.3) is 33.8 Å². The first-order valence-electron chi connectivity index (χ1n) is 12.0. The van der Waals surface area contributed by atoms with Crippen molar-refractivity contribution in [3.05, 3.63) is 101 Å². The van der Waals surface area contributed by atoms with Gasteiger partial charge in [-0.1, -0.05) is 17.7 Å². The monoisotopic (exact) mass is 604 g/mol. The number of hydrogen-bond acceptors (Lipinski definition) is 5. The SMILES string of the molecule is Cc1nc(C(F)(F)F)cn1-c1ccc(-c2cc(F)c(CO)c(S(C)(=O)=O)c2)cc1-c1ccnn1-c1ccc(Cl)cc1. The van der Waals surface area contributed by atoms with Gasteiger partial charge >= 0.3 is 6.18 Å². The van der Waals surface area contributed by atoms with Crippen LogP contribution in [0.4, 0.5) is 17.6 Å². The molecule has 2 aromatic heterocycles. The van der Waals surface area contributed by atoms with Gasteiger partial charge in [-0.3, -0.25) is 0 Å². The summed E-state index contributed by atoms with van der Waals surface area (Å²) in [7, 11) is -3.91. The third-order valence-corrected chi connectivity index (χ3v) is 7.88. The maximum atomic E-state index is 15.0. The topological polar surface area (TPSA) is 90.0 Å². The Morgan fingerprint density at radius 1 is 1.00 bits per heavy atom. The van der Waals surface area contributed by atoms with Crippen molar-refractivity contribution in [3.63, 3.8) is 0 Å². The van der Waals surface area contributed by atoms with Crippen LogP contribution < -0.4 is 0 Å². The largest absolute Gasteiger partial charge is 0.434 e. The highest BCUT2D eigenvalue weighted by atomic mass is 35.5. The first kappa shape index (κ1) is 28.5. The molecule has 5 aromatic rings. The van der Waals surface area contributed by atoms with Crippen molar-refractivity contribution < 1.29 is 31.1 Å². The summed E-state index contributed by atoms with van der Waals surface area (Å²) in [4.78, 5) is 3.31. The lowest BCUT2D eigenvalue weighted by Crippen LogP contribution is -2.06. The summed E-state index contributed by atoms with van der Waals surface area (Å²) in [5, 5.41) is 14.5. The Kier molecular flexibility index (Phi) is 7.26. The molecule has 0 saturated heterocycles. The van der Waals surface area contributed by atoms with Crippen molar-refractivity contribution in [2.75, 3.05) is 6.26 Å². The highest BCUT2D eigenvalue weighted by molar-refractivity contribution is 7.90. The molecule has 2 heterocycles. The number of alkyl halides is 3. The molecule has 0 spiro atoms. The van der Waals surface area contributed by atoms with E-state index in [0.29, 0.717) is 33.2 Å². The van der Waals surface area contributed by atoms with Gasteiger partial charge in [0.2, 0.25) is 0 Å². The minimum atomic E-state index is -4.67. The number of rotatable bonds is 6. The Morgan fingerprint density at radius 2 is 1.71 bits per heavy atom. The summed E-state index contributed by atoms with van der Waals surface area (Å²) in [5.74, 6) is -0.843. The molecule has 0 aliphatic carbocycles. The number of aliphatic hydroxyl groups is 1. The van der Waals surface area contributed by atoms with Crippen LogP contribution in [0, 0.1) is 12.7 Å². The number of aliphatic hydroxyl groups excluding tert-OH is 1. The molecule has 41 heavy (non-hydrogen) atoms. The number of nitrogens with zero attached hydrogens (tertiary/aromatic N) is 4.